The largest absolute Gasteiger partial charge is 0.379 e. The standard InChI is InChI=1S/C57H101NO4/c1-8-9-10-11-12-13-14-15-16-17-18-19-20-21-22-23-37-60-45-51(44-58-36-33-47(4)43-58)62-41-39-59-38-40-61-50-31-34-56(6)49(42-50)27-28-52-54-30-29-53(48(5)26-24-25-46(2)3)57(54,7)35-32-55(52)56/h12-13,15-16,27,46-48,50-55H,8-11,14,17-26,28-45H2,1-7H3. The van der Waals surface area contributed by atoms with Gasteiger partial charge in [-0.05, 0) is 155 Å². The van der Waals surface area contributed by atoms with Crippen LogP contribution >= 0.6 is 0 Å². The Hall–Kier alpha value is -0.980. The zero-order valence-electron chi connectivity index (χ0n) is 42.0. The van der Waals surface area contributed by atoms with E-state index in [1.165, 1.54) is 148 Å². The second-order valence-electron chi connectivity index (χ2n) is 22.4. The summed E-state index contributed by atoms with van der Waals surface area (Å²) < 4.78 is 25.2. The molecule has 1 saturated heterocycles. The third-order valence-corrected chi connectivity index (χ3v) is 17.2. The average molecular weight is 864 g/mol. The van der Waals surface area contributed by atoms with Crippen molar-refractivity contribution in [1.82, 2.24) is 4.90 Å². The minimum Gasteiger partial charge on any atom is -0.379 e. The fourth-order valence-corrected chi connectivity index (χ4v) is 13.5. The summed E-state index contributed by atoms with van der Waals surface area (Å²) >= 11 is 0. The van der Waals surface area contributed by atoms with E-state index in [1.54, 1.807) is 5.57 Å². The van der Waals surface area contributed by atoms with Crippen LogP contribution in [0, 0.1) is 52.3 Å². The predicted molar refractivity (Wildman–Crippen MR) is 264 cm³/mol. The Labute approximate surface area is 384 Å². The Morgan fingerprint density at radius 3 is 2.26 bits per heavy atom. The van der Waals surface area contributed by atoms with E-state index < -0.39 is 0 Å². The molecule has 10 atom stereocenters. The Kier molecular flexibility index (Phi) is 23.7. The normalized spacial score (nSPS) is 31.2. The lowest BCUT2D eigenvalue weighted by molar-refractivity contribution is -0.0731. The number of fused-ring (bicyclic) bond motifs is 5. The SMILES string of the molecule is CCCCCC=CCC=CCCCCCCCCOCC(CN1CCC(C)C1)OCCOCCOC1CCC2(C)C(=CCC3C2CCC2(C)C(C(C)CCCC(C)C)CCC32)C1. The van der Waals surface area contributed by atoms with Gasteiger partial charge in [0, 0.05) is 19.7 Å². The van der Waals surface area contributed by atoms with Gasteiger partial charge < -0.3 is 23.8 Å². The van der Waals surface area contributed by atoms with Crippen LogP contribution in [0.3, 0.4) is 0 Å². The van der Waals surface area contributed by atoms with E-state index in [-0.39, 0.29) is 6.10 Å². The zero-order chi connectivity index (χ0) is 44.0. The monoisotopic (exact) mass is 864 g/mol. The fourth-order valence-electron chi connectivity index (χ4n) is 13.5. The highest BCUT2D eigenvalue weighted by molar-refractivity contribution is 5.25. The maximum absolute atomic E-state index is 6.52. The third kappa shape index (κ3) is 16.4. The van der Waals surface area contributed by atoms with Crippen molar-refractivity contribution in [3.8, 4) is 0 Å². The van der Waals surface area contributed by atoms with Gasteiger partial charge in [0.15, 0.2) is 0 Å². The lowest BCUT2D eigenvalue weighted by atomic mass is 9.47. The highest BCUT2D eigenvalue weighted by Gasteiger charge is 2.59. The molecule has 0 N–H and O–H groups in total. The third-order valence-electron chi connectivity index (χ3n) is 17.2. The molecule has 4 fully saturated rings. The summed E-state index contributed by atoms with van der Waals surface area (Å²) in [4.78, 5) is 2.57. The van der Waals surface area contributed by atoms with Gasteiger partial charge in [0.2, 0.25) is 0 Å². The summed E-state index contributed by atoms with van der Waals surface area (Å²) in [6, 6.07) is 0. The van der Waals surface area contributed by atoms with E-state index in [0.717, 1.165) is 73.8 Å². The van der Waals surface area contributed by atoms with Crippen LogP contribution in [0.15, 0.2) is 36.0 Å². The summed E-state index contributed by atoms with van der Waals surface area (Å²) in [6.07, 6.45) is 44.2. The van der Waals surface area contributed by atoms with Gasteiger partial charge in [-0.25, -0.2) is 0 Å². The number of hydrogen-bond acceptors (Lipinski definition) is 5. The molecule has 0 bridgehead atoms. The quantitative estimate of drug-likeness (QED) is 0.0498. The maximum atomic E-state index is 6.52. The minimum absolute atomic E-state index is 0.112. The van der Waals surface area contributed by atoms with Crippen LogP contribution in [0.25, 0.3) is 0 Å². The lowest BCUT2D eigenvalue weighted by Gasteiger charge is -2.58. The molecule has 358 valence electrons. The number of hydrogen-bond donors (Lipinski definition) is 0. The zero-order valence-corrected chi connectivity index (χ0v) is 42.0. The molecule has 3 saturated carbocycles. The molecule has 5 aliphatic rings. The van der Waals surface area contributed by atoms with Gasteiger partial charge >= 0.3 is 0 Å². The van der Waals surface area contributed by atoms with Crippen molar-refractivity contribution >= 4 is 0 Å². The van der Waals surface area contributed by atoms with Gasteiger partial charge in [-0.15, -0.1) is 0 Å². The van der Waals surface area contributed by atoms with E-state index in [9.17, 15) is 0 Å². The molecule has 5 nitrogen and oxygen atoms in total. The fraction of sp³-hybridized carbons (Fsp3) is 0.895. The van der Waals surface area contributed by atoms with E-state index in [0.29, 0.717) is 50.0 Å². The van der Waals surface area contributed by atoms with Crippen molar-refractivity contribution in [2.45, 2.75) is 215 Å². The van der Waals surface area contributed by atoms with E-state index in [2.05, 4.69) is 83.7 Å². The van der Waals surface area contributed by atoms with Crippen molar-refractivity contribution in [2.24, 2.45) is 52.3 Å². The predicted octanol–water partition coefficient (Wildman–Crippen LogP) is 15.0. The summed E-state index contributed by atoms with van der Waals surface area (Å²) in [7, 11) is 0. The first kappa shape index (κ1) is 52.0. The minimum atomic E-state index is 0.112. The average Bonchev–Trinajstić information content (AvgIpc) is 3.84. The van der Waals surface area contributed by atoms with Gasteiger partial charge in [0.25, 0.3) is 0 Å². The molecule has 0 aromatic rings. The molecule has 5 heteroatoms. The number of allylic oxidation sites excluding steroid dienone is 5. The van der Waals surface area contributed by atoms with Gasteiger partial charge in [0.1, 0.15) is 0 Å². The second-order valence-corrected chi connectivity index (χ2v) is 22.4. The highest BCUT2D eigenvalue weighted by atomic mass is 16.6. The second kappa shape index (κ2) is 28.3. The first-order valence-corrected chi connectivity index (χ1v) is 27.2. The van der Waals surface area contributed by atoms with Crippen LogP contribution in [-0.4, -0.2) is 76.4 Å². The molecule has 10 unspecified atom stereocenters. The number of likely N-dealkylation sites (tertiary alicyclic amines) is 1. The smallest absolute Gasteiger partial charge is 0.0936 e. The molecular weight excluding hydrogens is 763 g/mol. The van der Waals surface area contributed by atoms with Crippen molar-refractivity contribution < 1.29 is 18.9 Å². The summed E-state index contributed by atoms with van der Waals surface area (Å²) in [6.45, 7) is 24.8. The molecule has 0 spiro atoms. The first-order valence-electron chi connectivity index (χ1n) is 27.2. The van der Waals surface area contributed by atoms with Gasteiger partial charge in [-0.2, -0.15) is 0 Å². The summed E-state index contributed by atoms with van der Waals surface area (Å²) in [5.41, 5.74) is 2.68. The number of rotatable bonds is 32. The van der Waals surface area contributed by atoms with Crippen LogP contribution in [0.2, 0.25) is 0 Å². The Balaban J connectivity index is 0.912. The van der Waals surface area contributed by atoms with Gasteiger partial charge in [-0.1, -0.05) is 142 Å². The van der Waals surface area contributed by atoms with Crippen molar-refractivity contribution in [3.05, 3.63) is 36.0 Å². The Morgan fingerprint density at radius 1 is 0.742 bits per heavy atom. The first-order chi connectivity index (χ1) is 30.1. The molecule has 4 aliphatic carbocycles. The Morgan fingerprint density at radius 2 is 1.50 bits per heavy atom. The number of unbranched alkanes of at least 4 members (excludes halogenated alkanes) is 9. The van der Waals surface area contributed by atoms with Crippen LogP contribution in [-0.2, 0) is 18.9 Å². The summed E-state index contributed by atoms with van der Waals surface area (Å²) in [5.74, 6) is 6.15. The Bertz CT molecular complexity index is 1290. The molecule has 0 amide bonds. The van der Waals surface area contributed by atoms with E-state index in [1.807, 2.05) is 0 Å². The molecule has 0 radical (unpaired) electrons. The lowest BCUT2D eigenvalue weighted by Crippen LogP contribution is -2.51. The van der Waals surface area contributed by atoms with E-state index >= 15 is 0 Å². The van der Waals surface area contributed by atoms with Crippen molar-refractivity contribution in [1.29, 1.82) is 0 Å². The van der Waals surface area contributed by atoms with Crippen molar-refractivity contribution in [3.63, 3.8) is 0 Å². The van der Waals surface area contributed by atoms with E-state index in [4.69, 9.17) is 18.9 Å². The molecule has 0 aromatic heterocycles. The molecular formula is C57H101NO4. The molecule has 0 aromatic carbocycles. The van der Waals surface area contributed by atoms with Crippen LogP contribution in [0.4, 0.5) is 0 Å². The topological polar surface area (TPSA) is 40.2 Å². The van der Waals surface area contributed by atoms with Gasteiger partial charge in [-0.3, -0.25) is 0 Å². The van der Waals surface area contributed by atoms with Crippen LogP contribution in [0.5, 0.6) is 0 Å². The molecule has 1 heterocycles. The van der Waals surface area contributed by atoms with Gasteiger partial charge in [0.05, 0.1) is 45.2 Å². The van der Waals surface area contributed by atoms with Crippen LogP contribution in [0.1, 0.15) is 203 Å². The maximum Gasteiger partial charge on any atom is 0.0936 e. The van der Waals surface area contributed by atoms with Crippen LogP contribution < -0.4 is 0 Å². The highest BCUT2D eigenvalue weighted by Crippen LogP contribution is 2.67. The molecule has 62 heavy (non-hydrogen) atoms. The number of ether oxygens (including phenoxy) is 4. The molecule has 1 aliphatic heterocycles. The number of nitrogens with zero attached hydrogens (tertiary/aromatic N) is 1. The molecule has 5 rings (SSSR count). The van der Waals surface area contributed by atoms with Crippen molar-refractivity contribution in [2.75, 3.05) is 59.3 Å². The summed E-state index contributed by atoms with van der Waals surface area (Å²) in [5, 5.41) is 0.